The average molecular weight is 415 g/mol. The zero-order valence-electron chi connectivity index (χ0n) is 15.2. The van der Waals surface area contributed by atoms with E-state index in [1.165, 1.54) is 29.0 Å². The van der Waals surface area contributed by atoms with Gasteiger partial charge in [-0.2, -0.15) is 10.4 Å². The number of primary amides is 1. The topological polar surface area (TPSA) is 146 Å². The molecule has 0 bridgehead atoms. The second kappa shape index (κ2) is 9.00. The molecular formula is C18H18BClN5O4. The molecule has 149 valence electrons. The van der Waals surface area contributed by atoms with Gasteiger partial charge in [0.2, 0.25) is 0 Å². The van der Waals surface area contributed by atoms with Gasteiger partial charge < -0.3 is 25.9 Å². The van der Waals surface area contributed by atoms with Gasteiger partial charge in [0, 0.05) is 24.1 Å². The van der Waals surface area contributed by atoms with Gasteiger partial charge in [-0.15, -0.1) is 0 Å². The molecule has 0 saturated carbocycles. The summed E-state index contributed by atoms with van der Waals surface area (Å²) in [6, 6.07) is 4.93. The molecule has 29 heavy (non-hydrogen) atoms. The smallest absolute Gasteiger partial charge is 0.318 e. The summed E-state index contributed by atoms with van der Waals surface area (Å²) in [5, 5.41) is 35.7. The molecule has 2 heterocycles. The molecule has 2 aromatic rings. The molecule has 1 fully saturated rings. The number of ether oxygens (including phenoxy) is 1. The van der Waals surface area contributed by atoms with Crippen LogP contribution in [0, 0.1) is 17.2 Å². The van der Waals surface area contributed by atoms with Crippen LogP contribution in [0.25, 0.3) is 6.08 Å². The van der Waals surface area contributed by atoms with Crippen LogP contribution in [0.1, 0.15) is 28.4 Å². The predicted octanol–water partition coefficient (Wildman–Crippen LogP) is 1.77. The standard InChI is InChI=1S/C18H18BClN5O4/c20-14-6-12(5-10(16(14)26)1-3-19-28)23-18-13(17(22)27)8-25(24-18)15-9-29-4-2-11(15)7-21/h1,3,5-6,8,11,15,26,28H,2,4,9H2,(H2,22,27)(H,23,24)/b3-1-. The highest BCUT2D eigenvalue weighted by atomic mass is 35.5. The summed E-state index contributed by atoms with van der Waals surface area (Å²) in [6.45, 7) is 0.798. The molecule has 1 radical (unpaired) electrons. The zero-order chi connectivity index (χ0) is 21.0. The summed E-state index contributed by atoms with van der Waals surface area (Å²) in [7, 11) is 0.818. The number of nitrogens with zero attached hydrogens (tertiary/aromatic N) is 3. The number of anilines is 2. The third-order valence-corrected chi connectivity index (χ3v) is 4.83. The van der Waals surface area contributed by atoms with Gasteiger partial charge in [0.15, 0.2) is 5.82 Å². The number of aromatic hydroxyl groups is 1. The predicted molar refractivity (Wildman–Crippen MR) is 108 cm³/mol. The maximum absolute atomic E-state index is 11.9. The molecule has 1 saturated heterocycles. The SMILES string of the molecule is N#CC1CCOCC1n1cc(C(N)=O)c(Nc2cc(Cl)c(O)c(/C=C\[B]O)c2)n1. The van der Waals surface area contributed by atoms with Gasteiger partial charge in [0.05, 0.1) is 29.7 Å². The Morgan fingerprint density at radius 2 is 2.34 bits per heavy atom. The fraction of sp³-hybridized carbons (Fsp3) is 0.278. The number of nitriles is 1. The Morgan fingerprint density at radius 1 is 1.55 bits per heavy atom. The molecule has 1 aliphatic rings. The van der Waals surface area contributed by atoms with Crippen LogP contribution in [0.4, 0.5) is 11.5 Å². The molecule has 11 heteroatoms. The van der Waals surface area contributed by atoms with Crippen molar-refractivity contribution in [1.29, 1.82) is 5.26 Å². The Labute approximate surface area is 172 Å². The lowest BCUT2D eigenvalue weighted by Crippen LogP contribution is -2.29. The zero-order valence-corrected chi connectivity index (χ0v) is 16.0. The fourth-order valence-corrected chi connectivity index (χ4v) is 3.30. The van der Waals surface area contributed by atoms with Crippen LogP contribution in [0.2, 0.25) is 5.02 Å². The van der Waals surface area contributed by atoms with Gasteiger partial charge in [0.1, 0.15) is 11.3 Å². The third-order valence-electron chi connectivity index (χ3n) is 4.55. The maximum Gasteiger partial charge on any atom is 0.318 e. The Hall–Kier alpha value is -3.00. The highest BCUT2D eigenvalue weighted by Gasteiger charge is 2.29. The first-order valence-electron chi connectivity index (χ1n) is 8.74. The van der Waals surface area contributed by atoms with E-state index in [1.807, 2.05) is 0 Å². The first kappa shape index (κ1) is 20.7. The summed E-state index contributed by atoms with van der Waals surface area (Å²) >= 11 is 6.06. The van der Waals surface area contributed by atoms with Crippen LogP contribution in [0.5, 0.6) is 5.75 Å². The van der Waals surface area contributed by atoms with Crippen LogP contribution in [0.15, 0.2) is 24.3 Å². The molecule has 3 rings (SSSR count). The van der Waals surface area contributed by atoms with E-state index in [9.17, 15) is 15.2 Å². The number of nitrogens with two attached hydrogens (primary N) is 1. The van der Waals surface area contributed by atoms with E-state index in [1.54, 1.807) is 6.07 Å². The molecule has 0 spiro atoms. The van der Waals surface area contributed by atoms with Crippen LogP contribution in [-0.4, -0.2) is 46.5 Å². The van der Waals surface area contributed by atoms with E-state index in [2.05, 4.69) is 16.5 Å². The van der Waals surface area contributed by atoms with Crippen LogP contribution < -0.4 is 11.1 Å². The molecule has 0 aliphatic carbocycles. The van der Waals surface area contributed by atoms with Crippen LogP contribution in [-0.2, 0) is 4.74 Å². The normalized spacial score (nSPS) is 19.1. The minimum absolute atomic E-state index is 0.0675. The van der Waals surface area contributed by atoms with Crippen molar-refractivity contribution < 1.29 is 19.7 Å². The van der Waals surface area contributed by atoms with E-state index in [0.29, 0.717) is 30.9 Å². The van der Waals surface area contributed by atoms with Gasteiger partial charge in [0.25, 0.3) is 5.91 Å². The monoisotopic (exact) mass is 414 g/mol. The van der Waals surface area contributed by atoms with Crippen molar-refractivity contribution in [2.75, 3.05) is 18.5 Å². The summed E-state index contributed by atoms with van der Waals surface area (Å²) in [5.74, 6) is 0.358. The van der Waals surface area contributed by atoms with Crippen LogP contribution in [0.3, 0.4) is 0 Å². The largest absolute Gasteiger partial charge is 0.506 e. The lowest BCUT2D eigenvalue weighted by atomic mass is 9.97. The number of carbonyl (C=O) groups is 1. The molecule has 1 amide bonds. The minimum atomic E-state index is -0.691. The number of amides is 1. The van der Waals surface area contributed by atoms with Crippen molar-refractivity contribution in [3.8, 4) is 11.8 Å². The second-order valence-electron chi connectivity index (χ2n) is 6.43. The van der Waals surface area contributed by atoms with E-state index in [4.69, 9.17) is 27.1 Å². The lowest BCUT2D eigenvalue weighted by Gasteiger charge is -2.26. The third kappa shape index (κ3) is 4.54. The number of phenolic OH excluding ortho intramolecular Hbond substituents is 1. The Bertz CT molecular complexity index is 987. The number of hydrogen-bond donors (Lipinski definition) is 4. The highest BCUT2D eigenvalue weighted by Crippen LogP contribution is 2.34. The molecule has 1 aromatic heterocycles. The van der Waals surface area contributed by atoms with Crippen molar-refractivity contribution in [2.24, 2.45) is 11.7 Å². The minimum Gasteiger partial charge on any atom is -0.506 e. The van der Waals surface area contributed by atoms with Crippen molar-refractivity contribution in [3.63, 3.8) is 0 Å². The summed E-state index contributed by atoms with van der Waals surface area (Å²) in [6.07, 6.45) is 3.51. The number of hydrogen-bond acceptors (Lipinski definition) is 7. The second-order valence-corrected chi connectivity index (χ2v) is 6.84. The van der Waals surface area contributed by atoms with Crippen LogP contribution >= 0.6 is 11.6 Å². The highest BCUT2D eigenvalue weighted by molar-refractivity contribution is 6.34. The van der Waals surface area contributed by atoms with Gasteiger partial charge >= 0.3 is 7.48 Å². The van der Waals surface area contributed by atoms with Crippen molar-refractivity contribution in [1.82, 2.24) is 9.78 Å². The van der Waals surface area contributed by atoms with Gasteiger partial charge in [-0.25, -0.2) is 0 Å². The van der Waals surface area contributed by atoms with Crippen molar-refractivity contribution >= 4 is 42.6 Å². The number of halogens is 1. The Kier molecular flexibility index (Phi) is 6.44. The molecular weight excluding hydrogens is 396 g/mol. The molecule has 5 N–H and O–H groups in total. The lowest BCUT2D eigenvalue weighted by molar-refractivity contribution is 0.0342. The maximum atomic E-state index is 11.9. The summed E-state index contributed by atoms with van der Waals surface area (Å²) in [5.41, 5.74) is 6.41. The number of phenols is 1. The van der Waals surface area contributed by atoms with E-state index >= 15 is 0 Å². The van der Waals surface area contributed by atoms with Crippen molar-refractivity contribution in [2.45, 2.75) is 12.5 Å². The molecule has 2 unspecified atom stereocenters. The van der Waals surface area contributed by atoms with E-state index in [0.717, 1.165) is 7.48 Å². The Morgan fingerprint density at radius 3 is 3.03 bits per heavy atom. The number of aromatic nitrogens is 2. The number of rotatable bonds is 6. The van der Waals surface area contributed by atoms with E-state index < -0.39 is 5.91 Å². The number of benzene rings is 1. The number of carbonyl (C=O) groups excluding carboxylic acids is 1. The summed E-state index contributed by atoms with van der Waals surface area (Å²) < 4.78 is 6.97. The van der Waals surface area contributed by atoms with Gasteiger partial charge in [-0.05, 0) is 18.6 Å². The Balaban J connectivity index is 1.96. The first-order chi connectivity index (χ1) is 13.9. The molecule has 2 atom stereocenters. The van der Waals surface area contributed by atoms with Crippen molar-refractivity contribution in [3.05, 3.63) is 40.5 Å². The molecule has 1 aliphatic heterocycles. The molecule has 9 nitrogen and oxygen atoms in total. The number of nitrogens with one attached hydrogen (secondary N) is 1. The fourth-order valence-electron chi connectivity index (χ4n) is 3.07. The van der Waals surface area contributed by atoms with Gasteiger partial charge in [-0.3, -0.25) is 9.48 Å². The molecule has 1 aromatic carbocycles. The van der Waals surface area contributed by atoms with Gasteiger partial charge in [-0.1, -0.05) is 23.7 Å². The quantitative estimate of drug-likeness (QED) is 0.416. The first-order valence-corrected chi connectivity index (χ1v) is 9.12. The average Bonchev–Trinajstić information content (AvgIpc) is 3.13. The summed E-state index contributed by atoms with van der Waals surface area (Å²) in [4.78, 5) is 11.9. The van der Waals surface area contributed by atoms with E-state index in [-0.39, 0.29) is 34.1 Å².